The van der Waals surface area contributed by atoms with Crippen molar-refractivity contribution in [2.45, 2.75) is 25.5 Å². The third-order valence-electron chi connectivity index (χ3n) is 2.88. The van der Waals surface area contributed by atoms with Crippen LogP contribution in [0.2, 0.25) is 0 Å². The minimum atomic E-state index is -0.348. The highest BCUT2D eigenvalue weighted by molar-refractivity contribution is 5.48. The average Bonchev–Trinajstić information content (AvgIpc) is 2.65. The van der Waals surface area contributed by atoms with E-state index in [1.807, 2.05) is 13.0 Å². The Morgan fingerprint density at radius 1 is 1.50 bits per heavy atom. The highest BCUT2D eigenvalue weighted by Crippen LogP contribution is 2.23. The van der Waals surface area contributed by atoms with Crippen molar-refractivity contribution in [2.24, 2.45) is 0 Å². The van der Waals surface area contributed by atoms with Crippen LogP contribution in [0.1, 0.15) is 13.3 Å². The van der Waals surface area contributed by atoms with Crippen LogP contribution in [-0.2, 0) is 4.74 Å². The zero-order chi connectivity index (χ0) is 11.5. The van der Waals surface area contributed by atoms with Gasteiger partial charge in [0, 0.05) is 18.4 Å². The van der Waals surface area contributed by atoms with Crippen molar-refractivity contribution in [1.82, 2.24) is 0 Å². The standard InChI is InChI=1S/C12H16FNO2/c1-8-11(5-6-16-8)14-9-3-4-12(15-2)10(13)7-9/h3-4,7-8,11,14H,5-6H2,1-2H3. The molecule has 0 saturated carbocycles. The van der Waals surface area contributed by atoms with Crippen LogP contribution in [0, 0.1) is 5.82 Å². The molecule has 2 atom stereocenters. The first kappa shape index (κ1) is 11.2. The van der Waals surface area contributed by atoms with Crippen LogP contribution in [0.5, 0.6) is 5.75 Å². The van der Waals surface area contributed by atoms with E-state index >= 15 is 0 Å². The van der Waals surface area contributed by atoms with E-state index in [0.29, 0.717) is 0 Å². The van der Waals surface area contributed by atoms with Crippen LogP contribution >= 0.6 is 0 Å². The van der Waals surface area contributed by atoms with Gasteiger partial charge in [-0.05, 0) is 25.5 Å². The van der Waals surface area contributed by atoms with Gasteiger partial charge < -0.3 is 14.8 Å². The number of ether oxygens (including phenoxy) is 2. The van der Waals surface area contributed by atoms with Gasteiger partial charge in [-0.1, -0.05) is 0 Å². The van der Waals surface area contributed by atoms with Crippen LogP contribution in [0.15, 0.2) is 18.2 Å². The van der Waals surface area contributed by atoms with E-state index < -0.39 is 0 Å². The number of nitrogens with one attached hydrogen (secondary N) is 1. The van der Waals surface area contributed by atoms with Crippen LogP contribution in [0.25, 0.3) is 0 Å². The SMILES string of the molecule is COc1ccc(NC2CCOC2C)cc1F. The molecule has 1 saturated heterocycles. The zero-order valence-corrected chi connectivity index (χ0v) is 9.50. The molecule has 1 heterocycles. The van der Waals surface area contributed by atoms with Gasteiger partial charge in [0.15, 0.2) is 11.6 Å². The Morgan fingerprint density at radius 2 is 2.31 bits per heavy atom. The maximum Gasteiger partial charge on any atom is 0.167 e. The summed E-state index contributed by atoms with van der Waals surface area (Å²) in [5, 5.41) is 3.26. The molecular weight excluding hydrogens is 209 g/mol. The van der Waals surface area contributed by atoms with Gasteiger partial charge >= 0.3 is 0 Å². The molecule has 2 rings (SSSR count). The van der Waals surface area contributed by atoms with Gasteiger partial charge in [-0.25, -0.2) is 4.39 Å². The van der Waals surface area contributed by atoms with Gasteiger partial charge in [0.05, 0.1) is 19.3 Å². The number of methoxy groups -OCH3 is 1. The molecule has 0 amide bonds. The van der Waals surface area contributed by atoms with Crippen molar-refractivity contribution in [2.75, 3.05) is 19.0 Å². The fourth-order valence-electron chi connectivity index (χ4n) is 1.89. The summed E-state index contributed by atoms with van der Waals surface area (Å²) in [6, 6.07) is 5.14. The molecule has 1 aromatic rings. The molecule has 1 aromatic carbocycles. The fourth-order valence-corrected chi connectivity index (χ4v) is 1.89. The fraction of sp³-hybridized carbons (Fsp3) is 0.500. The van der Waals surface area contributed by atoms with Crippen molar-refractivity contribution in [1.29, 1.82) is 0 Å². The predicted molar refractivity (Wildman–Crippen MR) is 60.4 cm³/mol. The first-order valence-electron chi connectivity index (χ1n) is 5.42. The molecule has 1 aliphatic rings. The molecule has 3 nitrogen and oxygen atoms in total. The van der Waals surface area contributed by atoms with Crippen molar-refractivity contribution < 1.29 is 13.9 Å². The second-order valence-electron chi connectivity index (χ2n) is 3.96. The van der Waals surface area contributed by atoms with E-state index in [0.717, 1.165) is 18.7 Å². The molecule has 0 spiro atoms. The van der Waals surface area contributed by atoms with Gasteiger partial charge in [0.2, 0.25) is 0 Å². The number of rotatable bonds is 3. The second kappa shape index (κ2) is 4.70. The lowest BCUT2D eigenvalue weighted by atomic mass is 10.1. The Morgan fingerprint density at radius 3 is 2.88 bits per heavy atom. The van der Waals surface area contributed by atoms with Gasteiger partial charge in [-0.15, -0.1) is 0 Å². The first-order valence-corrected chi connectivity index (χ1v) is 5.42. The third kappa shape index (κ3) is 2.27. The second-order valence-corrected chi connectivity index (χ2v) is 3.96. The molecule has 2 unspecified atom stereocenters. The Labute approximate surface area is 94.6 Å². The number of anilines is 1. The van der Waals surface area contributed by atoms with Crippen molar-refractivity contribution in [3.8, 4) is 5.75 Å². The van der Waals surface area contributed by atoms with Gasteiger partial charge in [-0.2, -0.15) is 0 Å². The largest absolute Gasteiger partial charge is 0.494 e. The van der Waals surface area contributed by atoms with Crippen molar-refractivity contribution in [3.63, 3.8) is 0 Å². The molecule has 4 heteroatoms. The Balaban J connectivity index is 2.07. The van der Waals surface area contributed by atoms with Crippen molar-refractivity contribution >= 4 is 5.69 Å². The molecule has 0 aliphatic carbocycles. The minimum absolute atomic E-state index is 0.171. The molecule has 0 radical (unpaired) electrons. The Bertz CT molecular complexity index is 370. The minimum Gasteiger partial charge on any atom is -0.494 e. The molecule has 1 fully saturated rings. The molecule has 1 aliphatic heterocycles. The highest BCUT2D eigenvalue weighted by atomic mass is 19.1. The van der Waals surface area contributed by atoms with E-state index in [4.69, 9.17) is 9.47 Å². The monoisotopic (exact) mass is 225 g/mol. The van der Waals surface area contributed by atoms with Crippen LogP contribution in [-0.4, -0.2) is 25.9 Å². The first-order chi connectivity index (χ1) is 7.70. The summed E-state index contributed by atoms with van der Waals surface area (Å²) in [6.07, 6.45) is 1.12. The lowest BCUT2D eigenvalue weighted by molar-refractivity contribution is 0.121. The summed E-state index contributed by atoms with van der Waals surface area (Å²) in [5.41, 5.74) is 0.764. The lowest BCUT2D eigenvalue weighted by Gasteiger charge is -2.17. The Kier molecular flexibility index (Phi) is 3.29. The van der Waals surface area contributed by atoms with Crippen LogP contribution in [0.4, 0.5) is 10.1 Å². The number of hydrogen-bond acceptors (Lipinski definition) is 3. The third-order valence-corrected chi connectivity index (χ3v) is 2.88. The molecule has 88 valence electrons. The van der Waals surface area contributed by atoms with Crippen molar-refractivity contribution in [3.05, 3.63) is 24.0 Å². The summed E-state index contributed by atoms with van der Waals surface area (Å²) in [4.78, 5) is 0. The molecular formula is C12H16FNO2. The topological polar surface area (TPSA) is 30.5 Å². The normalized spacial score (nSPS) is 24.4. The highest BCUT2D eigenvalue weighted by Gasteiger charge is 2.23. The van der Waals surface area contributed by atoms with E-state index in [1.54, 1.807) is 6.07 Å². The average molecular weight is 225 g/mol. The van der Waals surface area contributed by atoms with Crippen LogP contribution in [0.3, 0.4) is 0 Å². The van der Waals surface area contributed by atoms with E-state index in [1.165, 1.54) is 13.2 Å². The zero-order valence-electron chi connectivity index (χ0n) is 9.50. The quantitative estimate of drug-likeness (QED) is 0.857. The van der Waals surface area contributed by atoms with Gasteiger partial charge in [0.1, 0.15) is 0 Å². The summed E-state index contributed by atoms with van der Waals surface area (Å²) in [5.74, 6) is -0.0830. The number of hydrogen-bond donors (Lipinski definition) is 1. The van der Waals surface area contributed by atoms with E-state index in [-0.39, 0.29) is 23.7 Å². The maximum absolute atomic E-state index is 13.4. The molecule has 0 bridgehead atoms. The molecule has 16 heavy (non-hydrogen) atoms. The van der Waals surface area contributed by atoms with E-state index in [2.05, 4.69) is 5.32 Å². The molecule has 1 N–H and O–H groups in total. The molecule has 0 aromatic heterocycles. The summed E-state index contributed by atoms with van der Waals surface area (Å²) in [6.45, 7) is 2.78. The smallest absolute Gasteiger partial charge is 0.167 e. The summed E-state index contributed by atoms with van der Waals surface area (Å²) >= 11 is 0. The van der Waals surface area contributed by atoms with Gasteiger partial charge in [-0.3, -0.25) is 0 Å². The number of halogens is 1. The lowest BCUT2D eigenvalue weighted by Crippen LogP contribution is -2.26. The van der Waals surface area contributed by atoms with E-state index in [9.17, 15) is 4.39 Å². The predicted octanol–water partition coefficient (Wildman–Crippen LogP) is 2.42. The van der Waals surface area contributed by atoms with Gasteiger partial charge in [0.25, 0.3) is 0 Å². The maximum atomic E-state index is 13.4. The summed E-state index contributed by atoms with van der Waals surface area (Å²) < 4.78 is 23.7. The summed E-state index contributed by atoms with van der Waals surface area (Å²) in [7, 11) is 1.46. The number of benzene rings is 1. The Hall–Kier alpha value is -1.29. The van der Waals surface area contributed by atoms with Crippen LogP contribution < -0.4 is 10.1 Å².